The molecule has 1 N–H and O–H groups in total. The monoisotopic (exact) mass is 222 g/mol. The zero-order chi connectivity index (χ0) is 11.8. The topological polar surface area (TPSA) is 34.1 Å². The molecule has 1 heterocycles. The van der Waals surface area contributed by atoms with Crippen molar-refractivity contribution in [3.63, 3.8) is 0 Å². The predicted octanol–water partition coefficient (Wildman–Crippen LogP) is 2.47. The van der Waals surface area contributed by atoms with Crippen molar-refractivity contribution < 1.29 is 4.74 Å². The summed E-state index contributed by atoms with van der Waals surface area (Å²) in [6, 6.07) is 2.42. The molecule has 0 aliphatic carbocycles. The van der Waals surface area contributed by atoms with E-state index < -0.39 is 0 Å². The van der Waals surface area contributed by atoms with Crippen molar-refractivity contribution in [2.24, 2.45) is 0 Å². The Labute approximate surface area is 98.2 Å². The van der Waals surface area contributed by atoms with Crippen LogP contribution < -0.4 is 5.32 Å². The maximum Gasteiger partial charge on any atom is 0.0662 e. The fourth-order valence-electron chi connectivity index (χ4n) is 1.63. The molecular weight excluding hydrogens is 200 g/mol. The number of hydrogen-bond donors (Lipinski definition) is 1. The highest BCUT2D eigenvalue weighted by Gasteiger charge is 2.10. The second kappa shape index (κ2) is 7.36. The number of likely N-dealkylation sites (N-methyl/N-ethyl adjacent to an activating group) is 1. The molecular formula is C13H22N2O. The van der Waals surface area contributed by atoms with E-state index in [1.54, 1.807) is 0 Å². The lowest BCUT2D eigenvalue weighted by molar-refractivity contribution is 0.112. The Morgan fingerprint density at radius 1 is 1.38 bits per heavy atom. The number of hydrogen-bond acceptors (Lipinski definition) is 3. The Morgan fingerprint density at radius 2 is 2.19 bits per heavy atom. The molecule has 1 rings (SSSR count). The van der Waals surface area contributed by atoms with E-state index in [1.165, 1.54) is 11.1 Å². The molecule has 1 atom stereocenters. The van der Waals surface area contributed by atoms with Crippen LogP contribution in [0.2, 0.25) is 0 Å². The molecule has 16 heavy (non-hydrogen) atoms. The molecule has 0 fully saturated rings. The summed E-state index contributed by atoms with van der Waals surface area (Å²) in [5.41, 5.74) is 2.40. The predicted molar refractivity (Wildman–Crippen MR) is 66.5 cm³/mol. The van der Waals surface area contributed by atoms with Gasteiger partial charge in [-0.2, -0.15) is 0 Å². The van der Waals surface area contributed by atoms with Crippen LogP contribution in [0, 0.1) is 6.92 Å². The summed E-state index contributed by atoms with van der Waals surface area (Å²) in [6.45, 7) is 8.76. The zero-order valence-electron chi connectivity index (χ0n) is 10.5. The van der Waals surface area contributed by atoms with Gasteiger partial charge in [-0.3, -0.25) is 4.98 Å². The third kappa shape index (κ3) is 4.29. The summed E-state index contributed by atoms with van der Waals surface area (Å²) in [5, 5.41) is 3.42. The minimum absolute atomic E-state index is 0.254. The van der Waals surface area contributed by atoms with Crippen LogP contribution >= 0.6 is 0 Å². The largest absolute Gasteiger partial charge is 0.379 e. The number of ether oxygens (including phenoxy) is 1. The van der Waals surface area contributed by atoms with Gasteiger partial charge in [0.25, 0.3) is 0 Å². The van der Waals surface area contributed by atoms with Crippen molar-refractivity contribution in [3.8, 4) is 0 Å². The lowest BCUT2D eigenvalue weighted by Crippen LogP contribution is -2.25. The van der Waals surface area contributed by atoms with Crippen LogP contribution in [0.25, 0.3) is 0 Å². The second-order valence-electron chi connectivity index (χ2n) is 3.98. The summed E-state index contributed by atoms with van der Waals surface area (Å²) >= 11 is 0. The molecule has 1 aromatic heterocycles. The maximum atomic E-state index is 5.60. The van der Waals surface area contributed by atoms with Crippen LogP contribution in [0.4, 0.5) is 0 Å². The lowest BCUT2D eigenvalue weighted by atomic mass is 10.1. The van der Waals surface area contributed by atoms with Crippen molar-refractivity contribution in [1.82, 2.24) is 10.3 Å². The number of rotatable bonds is 7. The zero-order valence-corrected chi connectivity index (χ0v) is 10.5. The average Bonchev–Trinajstić information content (AvgIpc) is 2.28. The maximum absolute atomic E-state index is 5.60. The average molecular weight is 222 g/mol. The molecule has 0 aliphatic rings. The van der Waals surface area contributed by atoms with Crippen LogP contribution in [-0.2, 0) is 4.74 Å². The Balaban J connectivity index is 2.61. The third-order valence-electron chi connectivity index (χ3n) is 2.38. The van der Waals surface area contributed by atoms with Gasteiger partial charge in [0.15, 0.2) is 0 Å². The SMILES string of the molecule is CCCOCC(NCC)c1cncc(C)c1. The van der Waals surface area contributed by atoms with Crippen LogP contribution in [0.5, 0.6) is 0 Å². The summed E-state index contributed by atoms with van der Waals surface area (Å²) in [7, 11) is 0. The minimum atomic E-state index is 0.254. The second-order valence-corrected chi connectivity index (χ2v) is 3.98. The van der Waals surface area contributed by atoms with Crippen molar-refractivity contribution in [2.45, 2.75) is 33.2 Å². The first-order valence-electron chi connectivity index (χ1n) is 6.00. The molecule has 0 spiro atoms. The van der Waals surface area contributed by atoms with Crippen LogP contribution in [-0.4, -0.2) is 24.7 Å². The summed E-state index contributed by atoms with van der Waals surface area (Å²) in [6.07, 6.45) is 4.85. The van der Waals surface area contributed by atoms with Crippen molar-refractivity contribution in [2.75, 3.05) is 19.8 Å². The van der Waals surface area contributed by atoms with Gasteiger partial charge in [0, 0.05) is 19.0 Å². The molecule has 0 aromatic carbocycles. The van der Waals surface area contributed by atoms with E-state index in [9.17, 15) is 0 Å². The Kier molecular flexibility index (Phi) is 6.04. The van der Waals surface area contributed by atoms with E-state index in [4.69, 9.17) is 4.74 Å². The van der Waals surface area contributed by atoms with E-state index in [0.29, 0.717) is 6.61 Å². The first kappa shape index (κ1) is 13.1. The molecule has 1 unspecified atom stereocenters. The van der Waals surface area contributed by atoms with Gasteiger partial charge in [-0.05, 0) is 31.0 Å². The molecule has 0 saturated carbocycles. The number of nitrogens with zero attached hydrogens (tertiary/aromatic N) is 1. The Hall–Kier alpha value is -0.930. The van der Waals surface area contributed by atoms with E-state index in [-0.39, 0.29) is 6.04 Å². The molecule has 3 nitrogen and oxygen atoms in total. The van der Waals surface area contributed by atoms with Gasteiger partial charge in [-0.1, -0.05) is 19.9 Å². The minimum Gasteiger partial charge on any atom is -0.379 e. The quantitative estimate of drug-likeness (QED) is 0.720. The first-order valence-corrected chi connectivity index (χ1v) is 6.00. The number of aryl methyl sites for hydroxylation is 1. The van der Waals surface area contributed by atoms with Gasteiger partial charge in [0.1, 0.15) is 0 Å². The summed E-state index contributed by atoms with van der Waals surface area (Å²) in [4.78, 5) is 4.22. The smallest absolute Gasteiger partial charge is 0.0662 e. The fraction of sp³-hybridized carbons (Fsp3) is 0.615. The van der Waals surface area contributed by atoms with Crippen molar-refractivity contribution >= 4 is 0 Å². The molecule has 3 heteroatoms. The molecule has 0 aliphatic heterocycles. The summed E-state index contributed by atoms with van der Waals surface area (Å²) < 4.78 is 5.60. The number of pyridine rings is 1. The molecule has 90 valence electrons. The standard InChI is InChI=1S/C13H22N2O/c1-4-6-16-10-13(15-5-2)12-7-11(3)8-14-9-12/h7-9,13,15H,4-6,10H2,1-3H3. The van der Waals surface area contributed by atoms with Gasteiger partial charge >= 0.3 is 0 Å². The highest BCUT2D eigenvalue weighted by Crippen LogP contribution is 2.13. The molecule has 0 amide bonds. The number of nitrogens with one attached hydrogen (secondary N) is 1. The highest BCUT2D eigenvalue weighted by molar-refractivity contribution is 5.20. The van der Waals surface area contributed by atoms with Gasteiger partial charge in [-0.25, -0.2) is 0 Å². The van der Waals surface area contributed by atoms with Crippen molar-refractivity contribution in [1.29, 1.82) is 0 Å². The van der Waals surface area contributed by atoms with Crippen LogP contribution in [0.3, 0.4) is 0 Å². The van der Waals surface area contributed by atoms with Crippen LogP contribution in [0.15, 0.2) is 18.5 Å². The van der Waals surface area contributed by atoms with Crippen molar-refractivity contribution in [3.05, 3.63) is 29.6 Å². The number of aromatic nitrogens is 1. The Bertz CT molecular complexity index is 302. The van der Waals surface area contributed by atoms with Crippen LogP contribution in [0.1, 0.15) is 37.4 Å². The van der Waals surface area contributed by atoms with E-state index in [1.807, 2.05) is 12.4 Å². The lowest BCUT2D eigenvalue weighted by Gasteiger charge is -2.18. The highest BCUT2D eigenvalue weighted by atomic mass is 16.5. The van der Waals surface area contributed by atoms with Gasteiger partial charge in [-0.15, -0.1) is 0 Å². The third-order valence-corrected chi connectivity index (χ3v) is 2.38. The first-order chi connectivity index (χ1) is 7.77. The van der Waals surface area contributed by atoms with E-state index in [2.05, 4.69) is 37.1 Å². The molecule has 1 aromatic rings. The Morgan fingerprint density at radius 3 is 2.81 bits per heavy atom. The summed E-state index contributed by atoms with van der Waals surface area (Å²) in [5.74, 6) is 0. The van der Waals surface area contributed by atoms with Gasteiger partial charge < -0.3 is 10.1 Å². The normalized spacial score (nSPS) is 12.7. The fourth-order valence-corrected chi connectivity index (χ4v) is 1.63. The van der Waals surface area contributed by atoms with E-state index in [0.717, 1.165) is 19.6 Å². The van der Waals surface area contributed by atoms with Gasteiger partial charge in [0.05, 0.1) is 12.6 Å². The molecule has 0 radical (unpaired) electrons. The molecule has 0 bridgehead atoms. The van der Waals surface area contributed by atoms with Gasteiger partial charge in [0.2, 0.25) is 0 Å². The molecule has 0 saturated heterocycles. The van der Waals surface area contributed by atoms with E-state index >= 15 is 0 Å².